The summed E-state index contributed by atoms with van der Waals surface area (Å²) in [5.41, 5.74) is 1.34. The second-order valence-corrected chi connectivity index (χ2v) is 5.83. The second kappa shape index (κ2) is 7.11. The molecule has 5 heteroatoms. The van der Waals surface area contributed by atoms with Gasteiger partial charge in [0.25, 0.3) is 0 Å². The summed E-state index contributed by atoms with van der Waals surface area (Å²) in [7, 11) is 0. The average molecular weight is 289 g/mol. The fourth-order valence-electron chi connectivity index (χ4n) is 2.80. The van der Waals surface area contributed by atoms with Gasteiger partial charge in [-0.3, -0.25) is 4.79 Å². The fraction of sp³-hybridized carbons (Fsp3) is 0.500. The van der Waals surface area contributed by atoms with Crippen LogP contribution in [-0.2, 0) is 4.79 Å². The molecule has 114 valence electrons. The Bertz CT molecular complexity index is 516. The van der Waals surface area contributed by atoms with Crippen LogP contribution in [-0.4, -0.2) is 18.0 Å². The summed E-state index contributed by atoms with van der Waals surface area (Å²) in [5.74, 6) is 0.542. The van der Waals surface area contributed by atoms with Gasteiger partial charge < -0.3 is 16.0 Å². The third-order valence-electron chi connectivity index (χ3n) is 3.71. The van der Waals surface area contributed by atoms with Crippen molar-refractivity contribution in [1.82, 2.24) is 5.32 Å². The molecule has 1 aromatic rings. The number of carbonyl (C=O) groups excluding carboxylic acids is 2. The van der Waals surface area contributed by atoms with Gasteiger partial charge in [-0.25, -0.2) is 4.79 Å². The van der Waals surface area contributed by atoms with Crippen LogP contribution in [0.5, 0.6) is 0 Å². The molecule has 5 nitrogen and oxygen atoms in total. The first-order valence-corrected chi connectivity index (χ1v) is 7.48. The summed E-state index contributed by atoms with van der Waals surface area (Å²) in [4.78, 5) is 23.0. The van der Waals surface area contributed by atoms with Crippen LogP contribution in [0.15, 0.2) is 24.3 Å². The van der Waals surface area contributed by atoms with Gasteiger partial charge in [0.1, 0.15) is 0 Å². The SMILES string of the molecule is CC(=O)Nc1cccc(NC(=O)N[C@H]2CCC[C@@H](C)C2)c1. The Morgan fingerprint density at radius 2 is 1.86 bits per heavy atom. The van der Waals surface area contributed by atoms with E-state index >= 15 is 0 Å². The molecular weight excluding hydrogens is 266 g/mol. The minimum absolute atomic E-state index is 0.132. The van der Waals surface area contributed by atoms with Crippen molar-refractivity contribution in [2.45, 2.75) is 45.6 Å². The smallest absolute Gasteiger partial charge is 0.319 e. The highest BCUT2D eigenvalue weighted by molar-refractivity contribution is 5.92. The number of benzene rings is 1. The second-order valence-electron chi connectivity index (χ2n) is 5.83. The van der Waals surface area contributed by atoms with E-state index in [2.05, 4.69) is 22.9 Å². The summed E-state index contributed by atoms with van der Waals surface area (Å²) in [5, 5.41) is 8.53. The Morgan fingerprint density at radius 1 is 1.14 bits per heavy atom. The van der Waals surface area contributed by atoms with E-state index in [0.29, 0.717) is 17.3 Å². The van der Waals surface area contributed by atoms with Crippen LogP contribution in [0.4, 0.5) is 16.2 Å². The van der Waals surface area contributed by atoms with E-state index in [9.17, 15) is 9.59 Å². The van der Waals surface area contributed by atoms with Crippen LogP contribution in [0.3, 0.4) is 0 Å². The monoisotopic (exact) mass is 289 g/mol. The lowest BCUT2D eigenvalue weighted by Crippen LogP contribution is -2.40. The van der Waals surface area contributed by atoms with E-state index in [1.54, 1.807) is 24.3 Å². The molecule has 0 saturated heterocycles. The van der Waals surface area contributed by atoms with Crippen LogP contribution >= 0.6 is 0 Å². The minimum Gasteiger partial charge on any atom is -0.335 e. The van der Waals surface area contributed by atoms with Crippen LogP contribution in [0.25, 0.3) is 0 Å². The predicted octanol–water partition coefficient (Wildman–Crippen LogP) is 3.35. The molecule has 0 unspecified atom stereocenters. The van der Waals surface area contributed by atoms with E-state index in [1.807, 2.05) is 0 Å². The highest BCUT2D eigenvalue weighted by Gasteiger charge is 2.20. The zero-order chi connectivity index (χ0) is 15.2. The van der Waals surface area contributed by atoms with Gasteiger partial charge in [-0.05, 0) is 37.0 Å². The highest BCUT2D eigenvalue weighted by atomic mass is 16.2. The number of carbonyl (C=O) groups is 2. The van der Waals surface area contributed by atoms with E-state index < -0.39 is 0 Å². The molecule has 1 fully saturated rings. The number of anilines is 2. The summed E-state index contributed by atoms with van der Waals surface area (Å²) < 4.78 is 0. The molecule has 1 aliphatic rings. The topological polar surface area (TPSA) is 70.2 Å². The zero-order valence-corrected chi connectivity index (χ0v) is 12.6. The minimum atomic E-state index is -0.186. The van der Waals surface area contributed by atoms with Crippen molar-refractivity contribution in [2.24, 2.45) is 5.92 Å². The molecule has 3 N–H and O–H groups in total. The van der Waals surface area contributed by atoms with E-state index in [1.165, 1.54) is 19.8 Å². The first-order chi connectivity index (χ1) is 10.0. The summed E-state index contributed by atoms with van der Waals surface area (Å²) >= 11 is 0. The molecule has 0 spiro atoms. The predicted molar refractivity (Wildman–Crippen MR) is 84.3 cm³/mol. The highest BCUT2D eigenvalue weighted by Crippen LogP contribution is 2.23. The molecule has 2 atom stereocenters. The maximum absolute atomic E-state index is 12.0. The first kappa shape index (κ1) is 15.4. The lowest BCUT2D eigenvalue weighted by Gasteiger charge is -2.27. The van der Waals surface area contributed by atoms with Gasteiger partial charge in [-0.15, -0.1) is 0 Å². The van der Waals surface area contributed by atoms with Crippen molar-refractivity contribution < 1.29 is 9.59 Å². The Labute approximate surface area is 125 Å². The molecule has 0 aromatic heterocycles. The molecule has 0 bridgehead atoms. The van der Waals surface area contributed by atoms with Crippen molar-refractivity contribution >= 4 is 23.3 Å². The van der Waals surface area contributed by atoms with Gasteiger partial charge >= 0.3 is 6.03 Å². The first-order valence-electron chi connectivity index (χ1n) is 7.48. The quantitative estimate of drug-likeness (QED) is 0.798. The van der Waals surface area contributed by atoms with E-state index in [-0.39, 0.29) is 18.0 Å². The van der Waals surface area contributed by atoms with Gasteiger partial charge in [0, 0.05) is 24.3 Å². The van der Waals surface area contributed by atoms with E-state index in [4.69, 9.17) is 0 Å². The van der Waals surface area contributed by atoms with Crippen molar-refractivity contribution in [3.8, 4) is 0 Å². The molecule has 0 heterocycles. The Hall–Kier alpha value is -2.04. The van der Waals surface area contributed by atoms with Crippen molar-refractivity contribution in [1.29, 1.82) is 0 Å². The van der Waals surface area contributed by atoms with Crippen LogP contribution < -0.4 is 16.0 Å². The number of rotatable bonds is 3. The lowest BCUT2D eigenvalue weighted by atomic mass is 9.87. The number of amides is 3. The number of hydrogen-bond donors (Lipinski definition) is 3. The van der Waals surface area contributed by atoms with Gasteiger partial charge in [0.05, 0.1) is 0 Å². The van der Waals surface area contributed by atoms with E-state index in [0.717, 1.165) is 12.8 Å². The maximum atomic E-state index is 12.0. The molecule has 1 aromatic carbocycles. The third kappa shape index (κ3) is 5.10. The average Bonchev–Trinajstić information content (AvgIpc) is 2.37. The molecular formula is C16H23N3O2. The summed E-state index contributed by atoms with van der Waals surface area (Å²) in [6, 6.07) is 7.19. The molecule has 0 aliphatic heterocycles. The van der Waals surface area contributed by atoms with Crippen LogP contribution in [0, 0.1) is 5.92 Å². The summed E-state index contributed by atoms with van der Waals surface area (Å²) in [6.07, 6.45) is 4.51. The maximum Gasteiger partial charge on any atom is 0.319 e. The van der Waals surface area contributed by atoms with Gasteiger partial charge in [0.2, 0.25) is 5.91 Å². The van der Waals surface area contributed by atoms with Crippen molar-refractivity contribution in [3.05, 3.63) is 24.3 Å². The van der Waals surface area contributed by atoms with Crippen LogP contribution in [0.2, 0.25) is 0 Å². The summed E-state index contributed by atoms with van der Waals surface area (Å²) in [6.45, 7) is 3.68. The standard InChI is InChI=1S/C16H23N3O2/c1-11-5-3-6-13(9-11)18-16(21)19-15-8-4-7-14(10-15)17-12(2)20/h4,7-8,10-11,13H,3,5-6,9H2,1-2H3,(H,17,20)(H2,18,19,21)/t11-,13+/m1/s1. The van der Waals surface area contributed by atoms with Gasteiger partial charge in [-0.1, -0.05) is 25.8 Å². The van der Waals surface area contributed by atoms with Crippen molar-refractivity contribution in [3.63, 3.8) is 0 Å². The number of nitrogens with one attached hydrogen (secondary N) is 3. The molecule has 1 aliphatic carbocycles. The lowest BCUT2D eigenvalue weighted by molar-refractivity contribution is -0.114. The Kier molecular flexibility index (Phi) is 5.20. The fourth-order valence-corrected chi connectivity index (χ4v) is 2.80. The molecule has 2 rings (SSSR count). The molecule has 21 heavy (non-hydrogen) atoms. The van der Waals surface area contributed by atoms with Gasteiger partial charge in [-0.2, -0.15) is 0 Å². The molecule has 3 amide bonds. The largest absolute Gasteiger partial charge is 0.335 e. The van der Waals surface area contributed by atoms with Gasteiger partial charge in [0.15, 0.2) is 0 Å². The molecule has 0 radical (unpaired) electrons. The Morgan fingerprint density at radius 3 is 2.52 bits per heavy atom. The Balaban J connectivity index is 1.88. The van der Waals surface area contributed by atoms with Crippen LogP contribution in [0.1, 0.15) is 39.5 Å². The number of hydrogen-bond acceptors (Lipinski definition) is 2. The third-order valence-corrected chi connectivity index (χ3v) is 3.71. The normalized spacial score (nSPS) is 21.4. The van der Waals surface area contributed by atoms with Crippen molar-refractivity contribution in [2.75, 3.05) is 10.6 Å². The number of urea groups is 1. The zero-order valence-electron chi connectivity index (χ0n) is 12.6. The molecule has 1 saturated carbocycles.